The van der Waals surface area contributed by atoms with Crippen LogP contribution in [0.25, 0.3) is 5.65 Å². The lowest BCUT2D eigenvalue weighted by Gasteiger charge is -2.08. The Morgan fingerprint density at radius 3 is 3.13 bits per heavy atom. The number of fused-ring (bicyclic) bond motifs is 1. The predicted molar refractivity (Wildman–Crippen MR) is 62.0 cm³/mol. The standard InChI is InChI=1S/C11H16N4/c12-6-1-2-7-13-10-4-3-5-11-14-8-9-15(10)11/h3-5,8-9,13H,1-2,6-7,12H2. The van der Waals surface area contributed by atoms with Gasteiger partial charge in [-0.1, -0.05) is 6.07 Å². The molecule has 0 saturated carbocycles. The van der Waals surface area contributed by atoms with Crippen molar-refractivity contribution in [1.82, 2.24) is 9.38 Å². The first-order valence-corrected chi connectivity index (χ1v) is 5.28. The molecule has 0 aliphatic heterocycles. The van der Waals surface area contributed by atoms with Gasteiger partial charge in [0.2, 0.25) is 0 Å². The van der Waals surface area contributed by atoms with E-state index in [1.54, 1.807) is 6.20 Å². The van der Waals surface area contributed by atoms with Gasteiger partial charge < -0.3 is 11.1 Å². The van der Waals surface area contributed by atoms with Gasteiger partial charge in [-0.15, -0.1) is 0 Å². The summed E-state index contributed by atoms with van der Waals surface area (Å²) in [5.74, 6) is 1.09. The van der Waals surface area contributed by atoms with Crippen molar-refractivity contribution in [2.45, 2.75) is 12.8 Å². The normalized spacial score (nSPS) is 10.7. The first kappa shape index (κ1) is 9.98. The van der Waals surface area contributed by atoms with Crippen molar-refractivity contribution in [2.75, 3.05) is 18.4 Å². The monoisotopic (exact) mass is 204 g/mol. The summed E-state index contributed by atoms with van der Waals surface area (Å²) in [6.45, 7) is 1.71. The number of anilines is 1. The van der Waals surface area contributed by atoms with Gasteiger partial charge in [-0.25, -0.2) is 4.98 Å². The zero-order valence-corrected chi connectivity index (χ0v) is 8.69. The number of nitrogens with two attached hydrogens (primary N) is 1. The first-order valence-electron chi connectivity index (χ1n) is 5.28. The second-order valence-electron chi connectivity index (χ2n) is 3.49. The molecular formula is C11H16N4. The van der Waals surface area contributed by atoms with Crippen LogP contribution in [0.2, 0.25) is 0 Å². The molecule has 2 rings (SSSR count). The summed E-state index contributed by atoms with van der Waals surface area (Å²) in [6.07, 6.45) is 5.93. The Labute approximate surface area is 89.1 Å². The minimum Gasteiger partial charge on any atom is -0.371 e. The Balaban J connectivity index is 2.04. The number of hydrogen-bond acceptors (Lipinski definition) is 3. The topological polar surface area (TPSA) is 55.3 Å². The van der Waals surface area contributed by atoms with Crippen molar-refractivity contribution in [3.63, 3.8) is 0 Å². The molecule has 0 fully saturated rings. The molecule has 4 heteroatoms. The highest BCUT2D eigenvalue weighted by atomic mass is 15.1. The molecule has 0 bridgehead atoms. The molecule has 0 unspecified atom stereocenters. The third-order valence-corrected chi connectivity index (χ3v) is 2.37. The second-order valence-corrected chi connectivity index (χ2v) is 3.49. The van der Waals surface area contributed by atoms with Gasteiger partial charge in [0.15, 0.2) is 0 Å². The minimum atomic E-state index is 0.761. The van der Waals surface area contributed by atoms with E-state index in [0.29, 0.717) is 0 Å². The quantitative estimate of drug-likeness (QED) is 0.725. The number of rotatable bonds is 5. The van der Waals surface area contributed by atoms with Gasteiger partial charge in [0.05, 0.1) is 0 Å². The molecule has 0 aromatic carbocycles. The van der Waals surface area contributed by atoms with Crippen molar-refractivity contribution in [3.05, 3.63) is 30.6 Å². The molecule has 0 aliphatic rings. The minimum absolute atomic E-state index is 0.761. The fraction of sp³-hybridized carbons (Fsp3) is 0.364. The lowest BCUT2D eigenvalue weighted by atomic mass is 10.3. The largest absolute Gasteiger partial charge is 0.371 e. The van der Waals surface area contributed by atoms with E-state index in [9.17, 15) is 0 Å². The lowest BCUT2D eigenvalue weighted by molar-refractivity contribution is 0.771. The zero-order valence-electron chi connectivity index (χ0n) is 8.69. The highest BCUT2D eigenvalue weighted by Gasteiger charge is 1.98. The van der Waals surface area contributed by atoms with E-state index < -0.39 is 0 Å². The van der Waals surface area contributed by atoms with Gasteiger partial charge in [0, 0.05) is 18.9 Å². The Morgan fingerprint density at radius 1 is 1.33 bits per heavy atom. The number of unbranched alkanes of at least 4 members (excludes halogenated alkanes) is 1. The predicted octanol–water partition coefficient (Wildman–Crippen LogP) is 1.49. The molecule has 0 aliphatic carbocycles. The van der Waals surface area contributed by atoms with Gasteiger partial charge >= 0.3 is 0 Å². The molecule has 0 amide bonds. The van der Waals surface area contributed by atoms with Gasteiger partial charge in [0.1, 0.15) is 11.5 Å². The van der Waals surface area contributed by atoms with Crippen LogP contribution < -0.4 is 11.1 Å². The Bertz CT molecular complexity index is 421. The number of pyridine rings is 1. The maximum atomic E-state index is 5.44. The fourth-order valence-electron chi connectivity index (χ4n) is 1.58. The van der Waals surface area contributed by atoms with Crippen LogP contribution in [0.5, 0.6) is 0 Å². The van der Waals surface area contributed by atoms with Crippen LogP contribution in [-0.2, 0) is 0 Å². The maximum Gasteiger partial charge on any atom is 0.138 e. The fourth-order valence-corrected chi connectivity index (χ4v) is 1.58. The van der Waals surface area contributed by atoms with Crippen LogP contribution in [0.1, 0.15) is 12.8 Å². The van der Waals surface area contributed by atoms with Crippen LogP contribution in [-0.4, -0.2) is 22.5 Å². The Hall–Kier alpha value is -1.55. The van der Waals surface area contributed by atoms with E-state index in [4.69, 9.17) is 5.73 Å². The average Bonchev–Trinajstić information content (AvgIpc) is 2.73. The third-order valence-electron chi connectivity index (χ3n) is 2.37. The molecule has 80 valence electrons. The van der Waals surface area contributed by atoms with E-state index in [-0.39, 0.29) is 0 Å². The van der Waals surface area contributed by atoms with E-state index >= 15 is 0 Å². The molecular weight excluding hydrogens is 188 g/mol. The number of nitrogens with zero attached hydrogens (tertiary/aromatic N) is 2. The average molecular weight is 204 g/mol. The van der Waals surface area contributed by atoms with Crippen molar-refractivity contribution in [3.8, 4) is 0 Å². The van der Waals surface area contributed by atoms with Crippen LogP contribution in [0, 0.1) is 0 Å². The number of hydrogen-bond donors (Lipinski definition) is 2. The first-order chi connectivity index (χ1) is 7.42. The Morgan fingerprint density at radius 2 is 2.27 bits per heavy atom. The van der Waals surface area contributed by atoms with Crippen molar-refractivity contribution in [2.24, 2.45) is 5.73 Å². The SMILES string of the molecule is NCCCCNc1cccc2nccn12. The lowest BCUT2D eigenvalue weighted by Crippen LogP contribution is -2.07. The highest BCUT2D eigenvalue weighted by molar-refractivity contribution is 5.49. The van der Waals surface area contributed by atoms with Gasteiger partial charge in [-0.3, -0.25) is 4.40 Å². The summed E-state index contributed by atoms with van der Waals surface area (Å²) in [5.41, 5.74) is 6.41. The molecule has 3 N–H and O–H groups in total. The van der Waals surface area contributed by atoms with E-state index in [1.807, 2.05) is 22.7 Å². The van der Waals surface area contributed by atoms with Gasteiger partial charge in [-0.2, -0.15) is 0 Å². The van der Waals surface area contributed by atoms with E-state index in [1.165, 1.54) is 0 Å². The maximum absolute atomic E-state index is 5.44. The second kappa shape index (κ2) is 4.79. The summed E-state index contributed by atoms with van der Waals surface area (Å²) in [4.78, 5) is 4.23. The Kier molecular flexibility index (Phi) is 3.19. The molecule has 2 aromatic heterocycles. The third kappa shape index (κ3) is 2.27. The summed E-state index contributed by atoms with van der Waals surface area (Å²) in [7, 11) is 0. The molecule has 0 atom stereocenters. The van der Waals surface area contributed by atoms with Gasteiger partial charge in [0.25, 0.3) is 0 Å². The summed E-state index contributed by atoms with van der Waals surface area (Å²) in [5, 5.41) is 3.38. The molecule has 0 saturated heterocycles. The van der Waals surface area contributed by atoms with E-state index in [0.717, 1.165) is 37.4 Å². The van der Waals surface area contributed by atoms with Gasteiger partial charge in [-0.05, 0) is 31.5 Å². The zero-order chi connectivity index (χ0) is 10.5. The number of imidazole rings is 1. The molecule has 4 nitrogen and oxygen atoms in total. The highest BCUT2D eigenvalue weighted by Crippen LogP contribution is 2.10. The molecule has 15 heavy (non-hydrogen) atoms. The summed E-state index contributed by atoms with van der Waals surface area (Å²) in [6, 6.07) is 6.05. The smallest absolute Gasteiger partial charge is 0.138 e. The van der Waals surface area contributed by atoms with Crippen LogP contribution in [0.4, 0.5) is 5.82 Å². The van der Waals surface area contributed by atoms with Crippen molar-refractivity contribution in [1.29, 1.82) is 0 Å². The van der Waals surface area contributed by atoms with Crippen LogP contribution in [0.15, 0.2) is 30.6 Å². The van der Waals surface area contributed by atoms with Crippen molar-refractivity contribution < 1.29 is 0 Å². The van der Waals surface area contributed by atoms with E-state index in [2.05, 4.69) is 16.4 Å². The van der Waals surface area contributed by atoms with Crippen LogP contribution >= 0.6 is 0 Å². The summed E-state index contributed by atoms with van der Waals surface area (Å²) < 4.78 is 2.04. The number of nitrogens with one attached hydrogen (secondary N) is 1. The molecule has 2 aromatic rings. The van der Waals surface area contributed by atoms with Crippen LogP contribution in [0.3, 0.4) is 0 Å². The summed E-state index contributed by atoms with van der Waals surface area (Å²) >= 11 is 0. The number of aromatic nitrogens is 2. The molecule has 2 heterocycles. The molecule has 0 radical (unpaired) electrons. The molecule has 0 spiro atoms. The van der Waals surface area contributed by atoms with Crippen molar-refractivity contribution >= 4 is 11.5 Å².